The van der Waals surface area contributed by atoms with Crippen molar-refractivity contribution < 1.29 is 9.53 Å². The number of carbonyl (C=O) groups excluding carboxylic acids is 1. The summed E-state index contributed by atoms with van der Waals surface area (Å²) in [6, 6.07) is 0.407. The fourth-order valence-corrected chi connectivity index (χ4v) is 3.65. The number of rotatable bonds is 6. The van der Waals surface area contributed by atoms with Crippen LogP contribution < -0.4 is 5.32 Å². The predicted octanol–water partition coefficient (Wildman–Crippen LogP) is 1.93. The highest BCUT2D eigenvalue weighted by Crippen LogP contribution is 2.21. The lowest BCUT2D eigenvalue weighted by Crippen LogP contribution is -2.50. The zero-order valence-electron chi connectivity index (χ0n) is 14.6. The van der Waals surface area contributed by atoms with E-state index in [1.54, 1.807) is 0 Å². The molecule has 23 heavy (non-hydrogen) atoms. The number of hydrogen-bond acceptors (Lipinski definition) is 4. The molecule has 3 unspecified atom stereocenters. The maximum atomic E-state index is 12.4. The van der Waals surface area contributed by atoms with Gasteiger partial charge in [-0.3, -0.25) is 9.69 Å². The number of likely N-dealkylation sites (tertiary alicyclic amines) is 1. The lowest BCUT2D eigenvalue weighted by Gasteiger charge is -2.38. The van der Waals surface area contributed by atoms with Crippen LogP contribution in [-0.4, -0.2) is 73.7 Å². The van der Waals surface area contributed by atoms with Gasteiger partial charge >= 0.3 is 0 Å². The van der Waals surface area contributed by atoms with Gasteiger partial charge < -0.3 is 15.0 Å². The average molecular weight is 370 g/mol. The second-order valence-corrected chi connectivity index (χ2v) is 6.57. The highest BCUT2D eigenvalue weighted by molar-refractivity contribution is 5.85. The van der Waals surface area contributed by atoms with E-state index < -0.39 is 0 Å². The van der Waals surface area contributed by atoms with Gasteiger partial charge in [-0.25, -0.2) is 0 Å². The van der Waals surface area contributed by atoms with Crippen LogP contribution >= 0.6 is 24.8 Å². The van der Waals surface area contributed by atoms with E-state index in [2.05, 4.69) is 29.0 Å². The summed E-state index contributed by atoms with van der Waals surface area (Å²) in [6.07, 6.45) is 4.51. The molecule has 7 heteroatoms. The minimum atomic E-state index is 0. The standard InChI is InChI=1S/C16H31N3O2.2ClH/c1-13-10-18(11-14(2)21-13)12-15-6-5-9-19(15)16(20)7-4-8-17-3;;/h13-15,17H,4-12H2,1-3H3;2*1H. The lowest BCUT2D eigenvalue weighted by atomic mass is 10.1. The number of nitrogens with one attached hydrogen (secondary N) is 1. The van der Waals surface area contributed by atoms with Crippen LogP contribution in [0.25, 0.3) is 0 Å². The smallest absolute Gasteiger partial charge is 0.222 e. The van der Waals surface area contributed by atoms with Gasteiger partial charge in [-0.15, -0.1) is 24.8 Å². The average Bonchev–Trinajstić information content (AvgIpc) is 2.86. The van der Waals surface area contributed by atoms with Gasteiger partial charge in [0.25, 0.3) is 0 Å². The van der Waals surface area contributed by atoms with Gasteiger partial charge in [-0.2, -0.15) is 0 Å². The summed E-state index contributed by atoms with van der Waals surface area (Å²) in [6.45, 7) is 9.12. The van der Waals surface area contributed by atoms with Gasteiger partial charge in [0.15, 0.2) is 0 Å². The third-order valence-corrected chi connectivity index (χ3v) is 4.48. The Morgan fingerprint density at radius 1 is 1.22 bits per heavy atom. The maximum Gasteiger partial charge on any atom is 0.222 e. The number of morpholine rings is 1. The first-order valence-corrected chi connectivity index (χ1v) is 8.42. The van der Waals surface area contributed by atoms with E-state index in [1.165, 1.54) is 0 Å². The van der Waals surface area contributed by atoms with Crippen LogP contribution in [0.3, 0.4) is 0 Å². The van der Waals surface area contributed by atoms with Crippen LogP contribution in [0.1, 0.15) is 39.5 Å². The van der Waals surface area contributed by atoms with Crippen LogP contribution in [0.15, 0.2) is 0 Å². The van der Waals surface area contributed by atoms with E-state index >= 15 is 0 Å². The van der Waals surface area contributed by atoms with Crippen molar-refractivity contribution in [3.63, 3.8) is 0 Å². The molecule has 0 aromatic heterocycles. The number of amides is 1. The Morgan fingerprint density at radius 3 is 2.48 bits per heavy atom. The van der Waals surface area contributed by atoms with Crippen LogP contribution in [0, 0.1) is 0 Å². The second-order valence-electron chi connectivity index (χ2n) is 6.57. The maximum absolute atomic E-state index is 12.4. The first-order valence-electron chi connectivity index (χ1n) is 8.42. The van der Waals surface area contributed by atoms with Crippen molar-refractivity contribution in [3.8, 4) is 0 Å². The number of halogens is 2. The molecule has 2 aliphatic heterocycles. The lowest BCUT2D eigenvalue weighted by molar-refractivity contribution is -0.133. The first kappa shape index (κ1) is 22.9. The van der Waals surface area contributed by atoms with Crippen LogP contribution in [0.2, 0.25) is 0 Å². The van der Waals surface area contributed by atoms with Crippen molar-refractivity contribution in [2.75, 3.05) is 39.8 Å². The zero-order valence-corrected chi connectivity index (χ0v) is 16.3. The van der Waals surface area contributed by atoms with Gasteiger partial charge in [-0.1, -0.05) is 0 Å². The van der Waals surface area contributed by atoms with Gasteiger partial charge in [0, 0.05) is 38.6 Å². The normalized spacial score (nSPS) is 28.1. The fraction of sp³-hybridized carbons (Fsp3) is 0.938. The Kier molecular flexibility index (Phi) is 11.4. The Hall–Kier alpha value is -0.0700. The molecule has 0 aromatic rings. The Morgan fingerprint density at radius 2 is 1.87 bits per heavy atom. The van der Waals surface area contributed by atoms with E-state index in [0.717, 1.165) is 52.0 Å². The van der Waals surface area contributed by atoms with Crippen LogP contribution in [0.4, 0.5) is 0 Å². The minimum Gasteiger partial charge on any atom is -0.373 e. The molecule has 5 nitrogen and oxygen atoms in total. The van der Waals surface area contributed by atoms with Crippen molar-refractivity contribution >= 4 is 30.7 Å². The third-order valence-electron chi connectivity index (χ3n) is 4.48. The summed E-state index contributed by atoms with van der Waals surface area (Å²) in [5.74, 6) is 0.335. The predicted molar refractivity (Wildman–Crippen MR) is 98.8 cm³/mol. The largest absolute Gasteiger partial charge is 0.373 e. The SMILES string of the molecule is CNCCCC(=O)N1CCCC1CN1CC(C)OC(C)C1.Cl.Cl. The van der Waals surface area contributed by atoms with Crippen LogP contribution in [-0.2, 0) is 9.53 Å². The molecule has 1 N–H and O–H groups in total. The molecular weight excluding hydrogens is 337 g/mol. The number of ether oxygens (including phenoxy) is 1. The summed E-state index contributed by atoms with van der Waals surface area (Å²) in [7, 11) is 1.93. The zero-order chi connectivity index (χ0) is 15.2. The van der Waals surface area contributed by atoms with E-state index in [-0.39, 0.29) is 24.8 Å². The number of carbonyl (C=O) groups is 1. The second kappa shape index (κ2) is 11.5. The summed E-state index contributed by atoms with van der Waals surface area (Å²) < 4.78 is 5.79. The van der Waals surface area contributed by atoms with Gasteiger partial charge in [0.2, 0.25) is 5.91 Å². The quantitative estimate of drug-likeness (QED) is 0.726. The van der Waals surface area contributed by atoms with Crippen molar-refractivity contribution in [2.45, 2.75) is 57.8 Å². The molecule has 1 amide bonds. The Bertz CT molecular complexity index is 337. The Labute approximate surface area is 153 Å². The van der Waals surface area contributed by atoms with E-state index in [0.29, 0.717) is 30.6 Å². The fourth-order valence-electron chi connectivity index (χ4n) is 3.65. The third kappa shape index (κ3) is 7.14. The van der Waals surface area contributed by atoms with Crippen LogP contribution in [0.5, 0.6) is 0 Å². The molecule has 2 fully saturated rings. The topological polar surface area (TPSA) is 44.8 Å². The first-order chi connectivity index (χ1) is 10.1. The molecule has 2 heterocycles. The van der Waals surface area contributed by atoms with E-state index in [4.69, 9.17) is 4.74 Å². The highest BCUT2D eigenvalue weighted by Gasteiger charge is 2.31. The molecule has 3 atom stereocenters. The summed E-state index contributed by atoms with van der Waals surface area (Å²) in [4.78, 5) is 17.0. The highest BCUT2D eigenvalue weighted by atomic mass is 35.5. The minimum absolute atomic E-state index is 0. The monoisotopic (exact) mass is 369 g/mol. The van der Waals surface area contributed by atoms with E-state index in [1.807, 2.05) is 7.05 Å². The van der Waals surface area contributed by atoms with Crippen molar-refractivity contribution in [1.29, 1.82) is 0 Å². The molecule has 0 saturated carbocycles. The summed E-state index contributed by atoms with van der Waals surface area (Å²) in [5.41, 5.74) is 0. The number of nitrogens with zero attached hydrogens (tertiary/aromatic N) is 2. The van der Waals surface area contributed by atoms with Crippen molar-refractivity contribution in [3.05, 3.63) is 0 Å². The summed E-state index contributed by atoms with van der Waals surface area (Å²) in [5, 5.41) is 3.11. The molecule has 2 saturated heterocycles. The molecule has 0 radical (unpaired) electrons. The molecule has 2 aliphatic rings. The number of hydrogen-bond donors (Lipinski definition) is 1. The Balaban J connectivity index is 0.00000242. The molecule has 0 bridgehead atoms. The van der Waals surface area contributed by atoms with Crippen molar-refractivity contribution in [1.82, 2.24) is 15.1 Å². The molecule has 0 spiro atoms. The molecule has 138 valence electrons. The summed E-state index contributed by atoms with van der Waals surface area (Å²) >= 11 is 0. The van der Waals surface area contributed by atoms with Gasteiger partial charge in [0.1, 0.15) is 0 Å². The van der Waals surface area contributed by atoms with Gasteiger partial charge in [-0.05, 0) is 46.7 Å². The molecule has 0 aromatic carbocycles. The molecule has 2 rings (SSSR count). The van der Waals surface area contributed by atoms with E-state index in [9.17, 15) is 4.79 Å². The molecule has 0 aliphatic carbocycles. The molecular formula is C16H33Cl2N3O2. The van der Waals surface area contributed by atoms with Crippen molar-refractivity contribution in [2.24, 2.45) is 0 Å². The van der Waals surface area contributed by atoms with Gasteiger partial charge in [0.05, 0.1) is 12.2 Å².